The molecule has 2 saturated heterocycles. The Bertz CT molecular complexity index is 826. The van der Waals surface area contributed by atoms with Crippen LogP contribution in [0.1, 0.15) is 87.3 Å². The lowest BCUT2D eigenvalue weighted by atomic mass is 9.96. The van der Waals surface area contributed by atoms with Crippen LogP contribution in [0.4, 0.5) is 0 Å². The molecule has 1 saturated carbocycles. The zero-order chi connectivity index (χ0) is 22.5. The molecule has 1 aromatic rings. The number of nitrogens with zero attached hydrogens (tertiary/aromatic N) is 2. The molecule has 0 bridgehead atoms. The number of carbonyl (C=O) groups is 1. The lowest BCUT2D eigenvalue weighted by Gasteiger charge is -2.34. The van der Waals surface area contributed by atoms with E-state index >= 15 is 0 Å². The summed E-state index contributed by atoms with van der Waals surface area (Å²) in [6, 6.07) is 7.35. The van der Waals surface area contributed by atoms with Crippen LogP contribution in [0.25, 0.3) is 6.08 Å². The summed E-state index contributed by atoms with van der Waals surface area (Å²) >= 11 is 2.05. The molecule has 2 unspecified atom stereocenters. The third-order valence-corrected chi connectivity index (χ3v) is 9.48. The van der Waals surface area contributed by atoms with E-state index in [1.807, 2.05) is 23.9 Å². The lowest BCUT2D eigenvalue weighted by Crippen LogP contribution is -2.52. The number of benzene rings is 1. The SMILES string of the molecule is O=C(/C=C/c1ccc2c(c1)CCC2)N(CC1CCCS1)C1CCN(C2CCCCCCC2)N1. The number of carbonyl (C=O) groups excluding carboxylic acids is 1. The van der Waals surface area contributed by atoms with Crippen LogP contribution in [-0.2, 0) is 17.6 Å². The van der Waals surface area contributed by atoms with E-state index in [0.29, 0.717) is 11.3 Å². The first-order valence-corrected chi connectivity index (χ1v) is 14.6. The average Bonchev–Trinajstić information content (AvgIpc) is 3.57. The van der Waals surface area contributed by atoms with Gasteiger partial charge in [-0.2, -0.15) is 11.8 Å². The molecule has 2 atom stereocenters. The fourth-order valence-corrected chi connectivity index (χ4v) is 7.44. The number of hydrazine groups is 1. The summed E-state index contributed by atoms with van der Waals surface area (Å²) in [5.41, 5.74) is 7.91. The third-order valence-electron chi connectivity index (χ3n) is 8.10. The molecule has 0 aromatic heterocycles. The number of hydrogen-bond acceptors (Lipinski definition) is 4. The third kappa shape index (κ3) is 6.04. The topological polar surface area (TPSA) is 35.6 Å². The van der Waals surface area contributed by atoms with E-state index in [4.69, 9.17) is 0 Å². The zero-order valence-corrected chi connectivity index (χ0v) is 21.0. The standard InChI is InChI=1S/C28H41N3OS/c32-28(16-14-22-13-15-23-8-6-9-24(23)20-22)30(21-26-12-7-19-33-26)27-17-18-31(29-27)25-10-4-2-1-3-5-11-25/h13-16,20,25-27,29H,1-12,17-19,21H2/b16-14+. The van der Waals surface area contributed by atoms with Crippen LogP contribution in [0.15, 0.2) is 24.3 Å². The van der Waals surface area contributed by atoms with Crippen molar-refractivity contribution in [3.63, 3.8) is 0 Å². The second kappa shape index (κ2) is 11.4. The minimum Gasteiger partial charge on any atom is -0.321 e. The van der Waals surface area contributed by atoms with E-state index in [0.717, 1.165) is 25.1 Å². The van der Waals surface area contributed by atoms with E-state index in [1.165, 1.54) is 93.9 Å². The van der Waals surface area contributed by atoms with E-state index in [9.17, 15) is 4.79 Å². The number of amides is 1. The van der Waals surface area contributed by atoms with Crippen molar-refractivity contribution in [3.05, 3.63) is 41.0 Å². The van der Waals surface area contributed by atoms with E-state index in [2.05, 4.69) is 33.5 Å². The predicted octanol–water partition coefficient (Wildman–Crippen LogP) is 5.56. The van der Waals surface area contributed by atoms with Gasteiger partial charge in [-0.3, -0.25) is 4.79 Å². The van der Waals surface area contributed by atoms with Crippen LogP contribution in [0.5, 0.6) is 0 Å². The molecule has 3 fully saturated rings. The first-order chi connectivity index (χ1) is 16.3. The van der Waals surface area contributed by atoms with E-state index < -0.39 is 0 Å². The Kier molecular flexibility index (Phi) is 8.11. The van der Waals surface area contributed by atoms with Crippen molar-refractivity contribution < 1.29 is 4.79 Å². The summed E-state index contributed by atoms with van der Waals surface area (Å²) in [5.74, 6) is 1.41. The minimum atomic E-state index is 0.133. The molecule has 1 amide bonds. The van der Waals surface area contributed by atoms with Gasteiger partial charge in [0.15, 0.2) is 0 Å². The van der Waals surface area contributed by atoms with Gasteiger partial charge in [0, 0.05) is 30.5 Å². The molecule has 33 heavy (non-hydrogen) atoms. The fourth-order valence-electron chi connectivity index (χ4n) is 6.18. The highest BCUT2D eigenvalue weighted by atomic mass is 32.2. The Hall–Kier alpha value is -1.30. The number of rotatable bonds is 6. The molecule has 5 rings (SSSR count). The fraction of sp³-hybridized carbons (Fsp3) is 0.679. The van der Waals surface area contributed by atoms with Crippen molar-refractivity contribution in [3.8, 4) is 0 Å². The average molecular weight is 468 g/mol. The summed E-state index contributed by atoms with van der Waals surface area (Å²) in [6.45, 7) is 1.93. The van der Waals surface area contributed by atoms with Gasteiger partial charge in [-0.05, 0) is 79.9 Å². The van der Waals surface area contributed by atoms with Gasteiger partial charge in [0.1, 0.15) is 0 Å². The van der Waals surface area contributed by atoms with Crippen LogP contribution in [-0.4, -0.2) is 52.1 Å². The molecule has 1 aromatic carbocycles. The van der Waals surface area contributed by atoms with Crippen molar-refractivity contribution >= 4 is 23.7 Å². The number of aryl methyl sites for hydroxylation is 2. The van der Waals surface area contributed by atoms with Gasteiger partial charge in [-0.25, -0.2) is 10.4 Å². The molecule has 0 radical (unpaired) electrons. The summed E-state index contributed by atoms with van der Waals surface area (Å²) in [6.07, 6.45) is 20.7. The molecule has 2 aliphatic carbocycles. The van der Waals surface area contributed by atoms with Gasteiger partial charge in [0.05, 0.1) is 6.17 Å². The summed E-state index contributed by atoms with van der Waals surface area (Å²) in [7, 11) is 0. The Morgan fingerprint density at radius 3 is 2.64 bits per heavy atom. The van der Waals surface area contributed by atoms with Crippen LogP contribution < -0.4 is 5.43 Å². The number of thioether (sulfide) groups is 1. The summed E-state index contributed by atoms with van der Waals surface area (Å²) in [4.78, 5) is 15.6. The maximum atomic E-state index is 13.5. The monoisotopic (exact) mass is 467 g/mol. The molecule has 180 valence electrons. The van der Waals surface area contributed by atoms with Gasteiger partial charge in [0.25, 0.3) is 0 Å². The smallest absolute Gasteiger partial charge is 0.247 e. The summed E-state index contributed by atoms with van der Waals surface area (Å²) in [5, 5.41) is 3.07. The van der Waals surface area contributed by atoms with Crippen LogP contribution in [0, 0.1) is 0 Å². The Morgan fingerprint density at radius 2 is 1.82 bits per heavy atom. The van der Waals surface area contributed by atoms with Crippen molar-refractivity contribution in [2.24, 2.45) is 0 Å². The van der Waals surface area contributed by atoms with Crippen LogP contribution >= 0.6 is 11.8 Å². The molecule has 4 nitrogen and oxygen atoms in total. The molecule has 0 spiro atoms. The van der Waals surface area contributed by atoms with Crippen molar-refractivity contribution in [2.45, 2.75) is 101 Å². The number of hydrogen-bond donors (Lipinski definition) is 1. The van der Waals surface area contributed by atoms with Crippen molar-refractivity contribution in [2.75, 3.05) is 18.8 Å². The van der Waals surface area contributed by atoms with Gasteiger partial charge in [-0.15, -0.1) is 0 Å². The highest BCUT2D eigenvalue weighted by Gasteiger charge is 2.34. The number of fused-ring (bicyclic) bond motifs is 1. The zero-order valence-electron chi connectivity index (χ0n) is 20.1. The highest BCUT2D eigenvalue weighted by molar-refractivity contribution is 8.00. The first-order valence-electron chi connectivity index (χ1n) is 13.5. The molecular weight excluding hydrogens is 426 g/mol. The molecule has 2 heterocycles. The molecule has 1 N–H and O–H groups in total. The largest absolute Gasteiger partial charge is 0.321 e. The molecule has 2 aliphatic heterocycles. The quantitative estimate of drug-likeness (QED) is 0.556. The van der Waals surface area contributed by atoms with Gasteiger partial charge >= 0.3 is 0 Å². The minimum absolute atomic E-state index is 0.133. The van der Waals surface area contributed by atoms with Gasteiger partial charge in [0.2, 0.25) is 5.91 Å². The van der Waals surface area contributed by atoms with E-state index in [1.54, 1.807) is 0 Å². The molecular formula is C28H41N3OS. The van der Waals surface area contributed by atoms with Crippen LogP contribution in [0.2, 0.25) is 0 Å². The Labute approximate surface area is 204 Å². The lowest BCUT2D eigenvalue weighted by molar-refractivity contribution is -0.129. The molecule has 5 heteroatoms. The Balaban J connectivity index is 1.25. The van der Waals surface area contributed by atoms with Crippen molar-refractivity contribution in [1.29, 1.82) is 0 Å². The molecule has 4 aliphatic rings. The van der Waals surface area contributed by atoms with E-state index in [-0.39, 0.29) is 12.1 Å². The highest BCUT2D eigenvalue weighted by Crippen LogP contribution is 2.29. The van der Waals surface area contributed by atoms with Crippen molar-refractivity contribution in [1.82, 2.24) is 15.3 Å². The predicted molar refractivity (Wildman–Crippen MR) is 139 cm³/mol. The van der Waals surface area contributed by atoms with Gasteiger partial charge < -0.3 is 4.90 Å². The second-order valence-corrected chi connectivity index (χ2v) is 11.9. The normalized spacial score (nSPS) is 27.0. The van der Waals surface area contributed by atoms with Gasteiger partial charge in [-0.1, -0.05) is 50.3 Å². The summed E-state index contributed by atoms with van der Waals surface area (Å²) < 4.78 is 0. The van der Waals surface area contributed by atoms with Crippen LogP contribution in [0.3, 0.4) is 0 Å². The maximum absolute atomic E-state index is 13.5. The first kappa shape index (κ1) is 23.4. The Morgan fingerprint density at radius 1 is 1.00 bits per heavy atom. The second-order valence-electron chi connectivity index (χ2n) is 10.5. The number of nitrogens with one attached hydrogen (secondary N) is 1. The maximum Gasteiger partial charge on any atom is 0.247 e.